The molecule has 1 aliphatic rings. The molecule has 4 nitrogen and oxygen atoms in total. The van der Waals surface area contributed by atoms with Gasteiger partial charge in [0.15, 0.2) is 5.82 Å². The van der Waals surface area contributed by atoms with E-state index in [0.29, 0.717) is 22.8 Å². The molecule has 2 aromatic heterocycles. The fourth-order valence-corrected chi connectivity index (χ4v) is 6.39. The van der Waals surface area contributed by atoms with Gasteiger partial charge in [-0.15, -0.1) is 0 Å². The Balaban J connectivity index is 1.16. The van der Waals surface area contributed by atoms with Gasteiger partial charge >= 0.3 is 0 Å². The molecule has 0 unspecified atom stereocenters. The SMILES string of the molecule is N#Cc1c(-c2ccccc2)nc(-c2ccc(-c3ccc(-n4c5c(c6ccccc64)C=CCC5)cc3)cc2)nc1-c1ccccc1. The number of rotatable bonds is 5. The molecule has 8 rings (SSSR count). The first-order chi connectivity index (χ1) is 22.3. The first-order valence-electron chi connectivity index (χ1n) is 15.2. The van der Waals surface area contributed by atoms with E-state index in [9.17, 15) is 5.26 Å². The Morgan fingerprint density at radius 3 is 1.76 bits per heavy atom. The molecule has 0 spiro atoms. The van der Waals surface area contributed by atoms with Crippen LogP contribution in [-0.4, -0.2) is 14.5 Å². The highest BCUT2D eigenvalue weighted by molar-refractivity contribution is 5.93. The lowest BCUT2D eigenvalue weighted by molar-refractivity contribution is 0.888. The number of hydrogen-bond acceptors (Lipinski definition) is 3. The number of benzene rings is 5. The van der Waals surface area contributed by atoms with Gasteiger partial charge in [0.1, 0.15) is 11.6 Å². The molecule has 7 aromatic rings. The van der Waals surface area contributed by atoms with E-state index in [2.05, 4.69) is 95.6 Å². The van der Waals surface area contributed by atoms with Gasteiger partial charge in [0.2, 0.25) is 0 Å². The van der Waals surface area contributed by atoms with E-state index in [-0.39, 0.29) is 0 Å². The van der Waals surface area contributed by atoms with Crippen LogP contribution >= 0.6 is 0 Å². The molecule has 0 N–H and O–H groups in total. The molecular weight excluding hydrogens is 548 g/mol. The largest absolute Gasteiger partial charge is 0.313 e. The third kappa shape index (κ3) is 4.72. The van der Waals surface area contributed by atoms with Crippen LogP contribution in [0.2, 0.25) is 0 Å². The van der Waals surface area contributed by atoms with Crippen molar-refractivity contribution in [1.29, 1.82) is 5.26 Å². The molecule has 0 radical (unpaired) electrons. The van der Waals surface area contributed by atoms with Crippen molar-refractivity contribution in [2.24, 2.45) is 0 Å². The second-order valence-electron chi connectivity index (χ2n) is 11.2. The van der Waals surface area contributed by atoms with Crippen LogP contribution in [0.1, 0.15) is 23.2 Å². The summed E-state index contributed by atoms with van der Waals surface area (Å²) in [5.74, 6) is 0.590. The molecule has 0 aliphatic heterocycles. The molecule has 0 atom stereocenters. The fraction of sp³-hybridized carbons (Fsp3) is 0.0488. The van der Waals surface area contributed by atoms with Gasteiger partial charge < -0.3 is 4.57 Å². The molecule has 0 saturated heterocycles. The summed E-state index contributed by atoms with van der Waals surface area (Å²) in [6, 6.07) is 48.0. The summed E-state index contributed by atoms with van der Waals surface area (Å²) >= 11 is 0. The summed E-state index contributed by atoms with van der Waals surface area (Å²) in [5.41, 5.74) is 11.8. The van der Waals surface area contributed by atoms with Crippen molar-refractivity contribution in [3.63, 3.8) is 0 Å². The molecule has 0 amide bonds. The van der Waals surface area contributed by atoms with Crippen molar-refractivity contribution < 1.29 is 0 Å². The van der Waals surface area contributed by atoms with Crippen LogP contribution < -0.4 is 0 Å². The van der Waals surface area contributed by atoms with Crippen molar-refractivity contribution in [2.45, 2.75) is 12.8 Å². The lowest BCUT2D eigenvalue weighted by atomic mass is 9.99. The summed E-state index contributed by atoms with van der Waals surface area (Å²) in [7, 11) is 0. The Kier molecular flexibility index (Phi) is 6.63. The zero-order valence-corrected chi connectivity index (χ0v) is 24.6. The maximum atomic E-state index is 10.2. The van der Waals surface area contributed by atoms with Gasteiger partial charge in [-0.3, -0.25) is 0 Å². The smallest absolute Gasteiger partial charge is 0.160 e. The van der Waals surface area contributed by atoms with E-state index in [4.69, 9.17) is 9.97 Å². The average Bonchev–Trinajstić information content (AvgIpc) is 3.46. The van der Waals surface area contributed by atoms with Gasteiger partial charge in [-0.1, -0.05) is 127 Å². The number of allylic oxidation sites excluding steroid dienone is 1. The van der Waals surface area contributed by atoms with E-state index in [1.54, 1.807) is 0 Å². The molecule has 0 bridgehead atoms. The number of nitriles is 1. The monoisotopic (exact) mass is 576 g/mol. The Morgan fingerprint density at radius 1 is 0.578 bits per heavy atom. The minimum Gasteiger partial charge on any atom is -0.313 e. The summed E-state index contributed by atoms with van der Waals surface area (Å²) < 4.78 is 2.41. The van der Waals surface area contributed by atoms with Crippen LogP contribution in [-0.2, 0) is 6.42 Å². The minimum absolute atomic E-state index is 0.473. The van der Waals surface area contributed by atoms with E-state index < -0.39 is 0 Å². The Labute approximate surface area is 262 Å². The predicted octanol–water partition coefficient (Wildman–Crippen LogP) is 9.92. The zero-order chi connectivity index (χ0) is 30.2. The maximum absolute atomic E-state index is 10.2. The van der Waals surface area contributed by atoms with Crippen LogP contribution in [0.4, 0.5) is 0 Å². The van der Waals surface area contributed by atoms with Crippen LogP contribution in [0, 0.1) is 11.3 Å². The van der Waals surface area contributed by atoms with Crippen molar-refractivity contribution in [3.8, 4) is 56.8 Å². The maximum Gasteiger partial charge on any atom is 0.160 e. The third-order valence-electron chi connectivity index (χ3n) is 8.57. The highest BCUT2D eigenvalue weighted by Crippen LogP contribution is 2.35. The lowest BCUT2D eigenvalue weighted by Gasteiger charge is -2.14. The average molecular weight is 577 g/mol. The zero-order valence-electron chi connectivity index (χ0n) is 24.6. The molecular formula is C41H28N4. The minimum atomic E-state index is 0.473. The second kappa shape index (κ2) is 11.2. The van der Waals surface area contributed by atoms with Crippen LogP contribution in [0.25, 0.3) is 67.7 Å². The molecule has 1 aliphatic carbocycles. The normalized spacial score (nSPS) is 12.2. The Morgan fingerprint density at radius 2 is 1.13 bits per heavy atom. The molecule has 212 valence electrons. The summed E-state index contributed by atoms with van der Waals surface area (Å²) in [5, 5.41) is 11.5. The van der Waals surface area contributed by atoms with E-state index in [0.717, 1.165) is 40.7 Å². The number of fused-ring (bicyclic) bond motifs is 3. The lowest BCUT2D eigenvalue weighted by Crippen LogP contribution is -2.02. The Bertz CT molecular complexity index is 2180. The number of aromatic nitrogens is 3. The van der Waals surface area contributed by atoms with Crippen molar-refractivity contribution in [1.82, 2.24) is 14.5 Å². The van der Waals surface area contributed by atoms with Gasteiger partial charge in [-0.25, -0.2) is 9.97 Å². The summed E-state index contributed by atoms with van der Waals surface area (Å²) in [4.78, 5) is 9.86. The second-order valence-corrected chi connectivity index (χ2v) is 11.2. The Hall–Kier alpha value is -6.05. The number of nitrogens with zero attached hydrogens (tertiary/aromatic N) is 4. The quantitative estimate of drug-likeness (QED) is 0.205. The van der Waals surface area contributed by atoms with E-state index >= 15 is 0 Å². The standard InChI is InChI=1S/C41H28N4/c42-27-36-39(30-11-3-1-4-12-30)43-41(44-40(36)31-13-5-2-6-14-31)32-21-19-28(20-22-32)29-23-25-33(26-24-29)45-37-17-9-7-15-34(37)35-16-8-10-18-38(35)45/h1-9,11-17,19-26H,10,18H2. The molecule has 0 fully saturated rings. The number of hydrogen-bond donors (Lipinski definition) is 0. The van der Waals surface area contributed by atoms with Crippen molar-refractivity contribution in [2.75, 3.05) is 0 Å². The van der Waals surface area contributed by atoms with Gasteiger partial charge in [-0.05, 0) is 42.2 Å². The van der Waals surface area contributed by atoms with Gasteiger partial charge in [0, 0.05) is 39.0 Å². The third-order valence-corrected chi connectivity index (χ3v) is 8.57. The number of para-hydroxylation sites is 1. The van der Waals surface area contributed by atoms with Crippen LogP contribution in [0.3, 0.4) is 0 Å². The molecule has 0 saturated carbocycles. The van der Waals surface area contributed by atoms with E-state index in [1.165, 1.54) is 27.8 Å². The highest BCUT2D eigenvalue weighted by Gasteiger charge is 2.20. The first kappa shape index (κ1) is 26.6. The topological polar surface area (TPSA) is 54.5 Å². The first-order valence-corrected chi connectivity index (χ1v) is 15.2. The van der Waals surface area contributed by atoms with Crippen molar-refractivity contribution in [3.05, 3.63) is 156 Å². The molecule has 4 heteroatoms. The van der Waals surface area contributed by atoms with Crippen molar-refractivity contribution >= 4 is 17.0 Å². The van der Waals surface area contributed by atoms with Gasteiger partial charge in [0.25, 0.3) is 0 Å². The highest BCUT2D eigenvalue weighted by atomic mass is 15.0. The molecule has 2 heterocycles. The van der Waals surface area contributed by atoms with Gasteiger partial charge in [-0.2, -0.15) is 5.26 Å². The predicted molar refractivity (Wildman–Crippen MR) is 183 cm³/mol. The van der Waals surface area contributed by atoms with Crippen LogP contribution in [0.5, 0.6) is 0 Å². The van der Waals surface area contributed by atoms with Crippen LogP contribution in [0.15, 0.2) is 140 Å². The summed E-state index contributed by atoms with van der Waals surface area (Å²) in [6.45, 7) is 0. The molecule has 5 aromatic carbocycles. The fourth-order valence-electron chi connectivity index (χ4n) is 6.39. The molecule has 45 heavy (non-hydrogen) atoms. The van der Waals surface area contributed by atoms with Gasteiger partial charge in [0.05, 0.1) is 16.9 Å². The summed E-state index contributed by atoms with van der Waals surface area (Å²) in [6.07, 6.45) is 6.66. The van der Waals surface area contributed by atoms with E-state index in [1.807, 2.05) is 60.7 Å².